The van der Waals surface area contributed by atoms with Crippen molar-refractivity contribution in [2.24, 2.45) is 0 Å². The fourth-order valence-electron chi connectivity index (χ4n) is 2.08. The van der Waals surface area contributed by atoms with Crippen LogP contribution in [0.15, 0.2) is 10.5 Å². The topological polar surface area (TPSA) is 21.3 Å². The Morgan fingerprint density at radius 1 is 1.50 bits per heavy atom. The summed E-state index contributed by atoms with van der Waals surface area (Å²) in [6, 6.07) is 0. The Morgan fingerprint density at radius 3 is 2.88 bits per heavy atom. The quantitative estimate of drug-likeness (QED) is 0.816. The first-order valence-electron chi connectivity index (χ1n) is 5.24. The van der Waals surface area contributed by atoms with Crippen LogP contribution in [0.2, 0.25) is 0 Å². The summed E-state index contributed by atoms with van der Waals surface area (Å²) >= 11 is 0.978. The molecule has 2 heterocycles. The third kappa shape index (κ3) is 2.38. The number of halogens is 3. The highest BCUT2D eigenvalue weighted by molar-refractivity contribution is 8.04. The standard InChI is InChI=1S/C10H14F3NOS/c1-14-5-7-6-4-9(10(11,12)13)16-8(6)2-3-15-7/h7,9,14H,2-5H2,1H3. The molecule has 0 aromatic rings. The summed E-state index contributed by atoms with van der Waals surface area (Å²) in [5.41, 5.74) is 0.855. The first kappa shape index (κ1) is 12.3. The second-order valence-corrected chi connectivity index (χ2v) is 5.27. The number of ether oxygens (including phenoxy) is 1. The highest BCUT2D eigenvalue weighted by atomic mass is 32.2. The summed E-state index contributed by atoms with van der Waals surface area (Å²) in [5.74, 6) is 0. The van der Waals surface area contributed by atoms with Gasteiger partial charge in [-0.05, 0) is 23.9 Å². The van der Waals surface area contributed by atoms with E-state index >= 15 is 0 Å². The molecule has 0 amide bonds. The predicted octanol–water partition coefficient (Wildman–Crippen LogP) is 2.32. The molecule has 2 rings (SSSR count). The van der Waals surface area contributed by atoms with Gasteiger partial charge in [-0.25, -0.2) is 0 Å². The molecular weight excluding hydrogens is 239 g/mol. The number of alkyl halides is 3. The minimum Gasteiger partial charge on any atom is -0.372 e. The lowest BCUT2D eigenvalue weighted by molar-refractivity contribution is -0.128. The van der Waals surface area contributed by atoms with E-state index < -0.39 is 11.4 Å². The predicted molar refractivity (Wildman–Crippen MR) is 57.4 cm³/mol. The van der Waals surface area contributed by atoms with E-state index in [1.165, 1.54) is 0 Å². The maximum absolute atomic E-state index is 12.6. The van der Waals surface area contributed by atoms with Crippen LogP contribution in [0.25, 0.3) is 0 Å². The van der Waals surface area contributed by atoms with Crippen molar-refractivity contribution in [1.82, 2.24) is 5.32 Å². The Balaban J connectivity index is 2.08. The molecular formula is C10H14F3NOS. The largest absolute Gasteiger partial charge is 0.401 e. The summed E-state index contributed by atoms with van der Waals surface area (Å²) in [5, 5.41) is 1.69. The Hall–Kier alpha value is -0.200. The van der Waals surface area contributed by atoms with Crippen LogP contribution in [0.1, 0.15) is 12.8 Å². The molecule has 0 aromatic carbocycles. The van der Waals surface area contributed by atoms with E-state index in [-0.39, 0.29) is 12.5 Å². The maximum Gasteiger partial charge on any atom is 0.401 e. The lowest BCUT2D eigenvalue weighted by Crippen LogP contribution is -2.32. The van der Waals surface area contributed by atoms with Crippen molar-refractivity contribution in [3.8, 4) is 0 Å². The van der Waals surface area contributed by atoms with Crippen LogP contribution in [0.5, 0.6) is 0 Å². The minimum absolute atomic E-state index is 0.0931. The highest BCUT2D eigenvalue weighted by Crippen LogP contribution is 2.49. The maximum atomic E-state index is 12.6. The number of rotatable bonds is 2. The van der Waals surface area contributed by atoms with Gasteiger partial charge in [-0.1, -0.05) is 0 Å². The van der Waals surface area contributed by atoms with Crippen LogP contribution in [0.4, 0.5) is 13.2 Å². The molecule has 0 bridgehead atoms. The van der Waals surface area contributed by atoms with Gasteiger partial charge in [-0.15, -0.1) is 11.8 Å². The third-order valence-electron chi connectivity index (χ3n) is 2.84. The molecule has 2 nitrogen and oxygen atoms in total. The van der Waals surface area contributed by atoms with E-state index in [2.05, 4.69) is 5.32 Å². The van der Waals surface area contributed by atoms with Crippen LogP contribution >= 0.6 is 11.8 Å². The van der Waals surface area contributed by atoms with Crippen molar-refractivity contribution in [1.29, 1.82) is 0 Å². The summed E-state index contributed by atoms with van der Waals surface area (Å²) in [6.07, 6.45) is -3.55. The number of nitrogens with one attached hydrogen (secondary N) is 1. The molecule has 2 aliphatic heterocycles. The summed E-state index contributed by atoms with van der Waals surface area (Å²) in [6.45, 7) is 1.12. The van der Waals surface area contributed by atoms with Gasteiger partial charge in [0, 0.05) is 13.0 Å². The molecule has 92 valence electrons. The van der Waals surface area contributed by atoms with Crippen molar-refractivity contribution >= 4 is 11.8 Å². The molecule has 6 heteroatoms. The van der Waals surface area contributed by atoms with Crippen LogP contribution < -0.4 is 5.32 Å². The van der Waals surface area contributed by atoms with Gasteiger partial charge >= 0.3 is 6.18 Å². The summed E-state index contributed by atoms with van der Waals surface area (Å²) in [4.78, 5) is 0.897. The van der Waals surface area contributed by atoms with Gasteiger partial charge in [0.15, 0.2) is 0 Å². The molecule has 0 saturated heterocycles. The van der Waals surface area contributed by atoms with Crippen molar-refractivity contribution in [2.45, 2.75) is 30.4 Å². The minimum atomic E-state index is -4.10. The van der Waals surface area contributed by atoms with Gasteiger partial charge in [0.25, 0.3) is 0 Å². The molecule has 0 aromatic heterocycles. The average molecular weight is 253 g/mol. The molecule has 2 unspecified atom stereocenters. The molecule has 1 N–H and O–H groups in total. The zero-order valence-electron chi connectivity index (χ0n) is 8.93. The SMILES string of the molecule is CNCC1OCCC2=C1CC(C(F)(F)F)S2. The van der Waals surface area contributed by atoms with Crippen LogP contribution in [0, 0.1) is 0 Å². The molecule has 0 saturated carbocycles. The Labute approximate surface area is 96.6 Å². The number of hydrogen-bond donors (Lipinski definition) is 1. The van der Waals surface area contributed by atoms with E-state index in [9.17, 15) is 13.2 Å². The molecule has 0 aliphatic carbocycles. The van der Waals surface area contributed by atoms with E-state index in [4.69, 9.17) is 4.74 Å². The molecule has 0 fully saturated rings. The Morgan fingerprint density at radius 2 is 2.25 bits per heavy atom. The average Bonchev–Trinajstić information content (AvgIpc) is 2.62. The first-order valence-corrected chi connectivity index (χ1v) is 6.12. The number of likely N-dealkylation sites (N-methyl/N-ethyl adjacent to an activating group) is 1. The molecule has 0 radical (unpaired) electrons. The summed E-state index contributed by atoms with van der Waals surface area (Å²) < 4.78 is 43.3. The van der Waals surface area contributed by atoms with Gasteiger partial charge in [-0.2, -0.15) is 13.2 Å². The Bertz CT molecular complexity index is 303. The fourth-order valence-corrected chi connectivity index (χ4v) is 3.38. The van der Waals surface area contributed by atoms with Crippen LogP contribution in [0.3, 0.4) is 0 Å². The van der Waals surface area contributed by atoms with Gasteiger partial charge < -0.3 is 10.1 Å². The van der Waals surface area contributed by atoms with Crippen molar-refractivity contribution in [3.63, 3.8) is 0 Å². The second kappa shape index (κ2) is 4.58. The van der Waals surface area contributed by atoms with Gasteiger partial charge in [0.1, 0.15) is 5.25 Å². The molecule has 16 heavy (non-hydrogen) atoms. The lowest BCUT2D eigenvalue weighted by Gasteiger charge is -2.24. The molecule has 0 spiro atoms. The van der Waals surface area contributed by atoms with Crippen LogP contribution in [-0.2, 0) is 4.74 Å². The van der Waals surface area contributed by atoms with E-state index in [1.807, 2.05) is 0 Å². The van der Waals surface area contributed by atoms with Gasteiger partial charge in [0.05, 0.1) is 12.7 Å². The lowest BCUT2D eigenvalue weighted by atomic mass is 10.0. The number of thioether (sulfide) groups is 1. The van der Waals surface area contributed by atoms with Gasteiger partial charge in [0.2, 0.25) is 0 Å². The zero-order valence-corrected chi connectivity index (χ0v) is 9.75. The smallest absolute Gasteiger partial charge is 0.372 e. The second-order valence-electron chi connectivity index (χ2n) is 3.97. The Kier molecular flexibility index (Phi) is 3.51. The van der Waals surface area contributed by atoms with Gasteiger partial charge in [-0.3, -0.25) is 0 Å². The van der Waals surface area contributed by atoms with Crippen molar-refractivity contribution in [2.75, 3.05) is 20.2 Å². The van der Waals surface area contributed by atoms with E-state index in [1.54, 1.807) is 7.05 Å². The fraction of sp³-hybridized carbons (Fsp3) is 0.800. The third-order valence-corrected chi connectivity index (χ3v) is 4.31. The van der Waals surface area contributed by atoms with Crippen LogP contribution in [-0.4, -0.2) is 37.7 Å². The van der Waals surface area contributed by atoms with E-state index in [0.717, 1.165) is 22.2 Å². The van der Waals surface area contributed by atoms with E-state index in [0.29, 0.717) is 19.6 Å². The van der Waals surface area contributed by atoms with Crippen molar-refractivity contribution < 1.29 is 17.9 Å². The van der Waals surface area contributed by atoms with Crippen molar-refractivity contribution in [3.05, 3.63) is 10.5 Å². The monoisotopic (exact) mass is 253 g/mol. The molecule has 2 aliphatic rings. The number of hydrogen-bond acceptors (Lipinski definition) is 3. The highest BCUT2D eigenvalue weighted by Gasteiger charge is 2.46. The molecule has 2 atom stereocenters. The first-order chi connectivity index (χ1) is 7.52. The summed E-state index contributed by atoms with van der Waals surface area (Å²) in [7, 11) is 1.78. The zero-order chi connectivity index (χ0) is 11.8. The normalized spacial score (nSPS) is 30.8.